The first kappa shape index (κ1) is 40.5. The van der Waals surface area contributed by atoms with Gasteiger partial charge in [-0.2, -0.15) is 15.0 Å². The predicted octanol–water partition coefficient (Wildman–Crippen LogP) is 3.92. The van der Waals surface area contributed by atoms with Crippen molar-refractivity contribution in [3.8, 4) is 6.01 Å². The first-order valence-electron chi connectivity index (χ1n) is 17.3. The zero-order valence-electron chi connectivity index (χ0n) is 29.5. The van der Waals surface area contributed by atoms with Crippen LogP contribution < -0.4 is 20.3 Å². The molecule has 0 spiro atoms. The highest BCUT2D eigenvalue weighted by Crippen LogP contribution is 2.52. The Balaban J connectivity index is 1.98. The Kier molecular flexibility index (Phi) is 19.0. The minimum absolute atomic E-state index is 0.0386. The number of aromatic nitrogens is 3. The van der Waals surface area contributed by atoms with E-state index in [2.05, 4.69) is 28.8 Å². The fraction of sp³-hybridized carbons (Fsp3) is 0.812. The smallest absolute Gasteiger partial charge is 0.323 e. The number of amides is 1. The molecule has 1 aliphatic heterocycles. The number of piperazine rings is 1. The van der Waals surface area contributed by atoms with Crippen molar-refractivity contribution in [2.24, 2.45) is 5.73 Å². The number of rotatable bonds is 26. The maximum atomic E-state index is 14.1. The fourth-order valence-corrected chi connectivity index (χ4v) is 7.73. The SMILES string of the molecule is CCCCCCCC(=O)CP(=O)(N(C)C)N1CCN(c2nc(OCCOCCCC(=O)CCCCC)nc(N(C)CC(N)=O)n2)CC1. The number of ketones is 2. The highest BCUT2D eigenvalue weighted by Gasteiger charge is 2.37. The zero-order valence-corrected chi connectivity index (χ0v) is 30.3. The summed E-state index contributed by atoms with van der Waals surface area (Å²) in [7, 11) is 2.14. The second-order valence-corrected chi connectivity index (χ2v) is 15.4. The molecule has 2 rings (SSSR count). The number of ether oxygens (including phenoxy) is 2. The van der Waals surface area contributed by atoms with Crippen molar-refractivity contribution >= 4 is 36.8 Å². The van der Waals surface area contributed by atoms with E-state index < -0.39 is 13.4 Å². The van der Waals surface area contributed by atoms with E-state index in [0.29, 0.717) is 71.0 Å². The summed E-state index contributed by atoms with van der Waals surface area (Å²) in [6.07, 6.45) is 10.7. The van der Waals surface area contributed by atoms with Gasteiger partial charge in [-0.05, 0) is 33.4 Å². The number of carbonyl (C=O) groups is 3. The molecule has 1 aromatic rings. The number of carbonyl (C=O) groups excluding carboxylic acids is 3. The molecule has 47 heavy (non-hydrogen) atoms. The lowest BCUT2D eigenvalue weighted by Gasteiger charge is -2.41. The van der Waals surface area contributed by atoms with E-state index in [1.807, 2.05) is 9.57 Å². The van der Waals surface area contributed by atoms with Crippen LogP contribution >= 0.6 is 7.44 Å². The quantitative estimate of drug-likeness (QED) is 0.111. The van der Waals surface area contributed by atoms with Crippen LogP contribution in [0.1, 0.15) is 90.9 Å². The van der Waals surface area contributed by atoms with E-state index >= 15 is 0 Å². The predicted molar refractivity (Wildman–Crippen MR) is 185 cm³/mol. The Morgan fingerprint density at radius 1 is 0.787 bits per heavy atom. The maximum absolute atomic E-state index is 14.1. The summed E-state index contributed by atoms with van der Waals surface area (Å²) in [5.41, 5.74) is 5.41. The average Bonchev–Trinajstić information content (AvgIpc) is 3.03. The fourth-order valence-electron chi connectivity index (χ4n) is 5.32. The van der Waals surface area contributed by atoms with Crippen LogP contribution in [-0.4, -0.2) is 122 Å². The maximum Gasteiger partial charge on any atom is 0.323 e. The number of Topliss-reactive ketones (excluding diaryl/α,β-unsaturated/α-hetero) is 2. The van der Waals surface area contributed by atoms with E-state index in [9.17, 15) is 18.9 Å². The lowest BCUT2D eigenvalue weighted by Crippen LogP contribution is -2.47. The Hall–Kier alpha value is -2.67. The molecule has 15 heteroatoms. The van der Waals surface area contributed by atoms with Crippen molar-refractivity contribution in [3.63, 3.8) is 0 Å². The molecule has 0 saturated carbocycles. The van der Waals surface area contributed by atoms with Crippen LogP contribution in [0.25, 0.3) is 0 Å². The van der Waals surface area contributed by atoms with Crippen LogP contribution in [0.3, 0.4) is 0 Å². The van der Waals surface area contributed by atoms with Gasteiger partial charge in [-0.3, -0.25) is 18.9 Å². The number of nitrogens with zero attached hydrogens (tertiary/aromatic N) is 7. The Labute approximate surface area is 281 Å². The Bertz CT molecular complexity index is 1150. The van der Waals surface area contributed by atoms with Crippen LogP contribution in [0.4, 0.5) is 11.9 Å². The average molecular weight is 683 g/mol. The molecule has 1 saturated heterocycles. The normalized spacial score (nSPS) is 15.1. The lowest BCUT2D eigenvalue weighted by molar-refractivity contribution is -0.119. The monoisotopic (exact) mass is 682 g/mol. The van der Waals surface area contributed by atoms with E-state index in [4.69, 9.17) is 15.2 Å². The number of hydrogen-bond acceptors (Lipinski definition) is 11. The van der Waals surface area contributed by atoms with Gasteiger partial charge in [0.15, 0.2) is 0 Å². The van der Waals surface area contributed by atoms with Gasteiger partial charge in [0.1, 0.15) is 18.2 Å². The van der Waals surface area contributed by atoms with Crippen molar-refractivity contribution in [3.05, 3.63) is 0 Å². The lowest BCUT2D eigenvalue weighted by atomic mass is 10.1. The third-order valence-electron chi connectivity index (χ3n) is 8.14. The van der Waals surface area contributed by atoms with Crippen LogP contribution in [0, 0.1) is 0 Å². The van der Waals surface area contributed by atoms with E-state index in [-0.39, 0.29) is 42.8 Å². The van der Waals surface area contributed by atoms with Gasteiger partial charge >= 0.3 is 6.01 Å². The van der Waals surface area contributed by atoms with E-state index in [1.165, 1.54) is 11.3 Å². The van der Waals surface area contributed by atoms with Gasteiger partial charge < -0.3 is 25.0 Å². The highest BCUT2D eigenvalue weighted by molar-refractivity contribution is 7.60. The molecule has 0 aromatic carbocycles. The zero-order chi connectivity index (χ0) is 34.7. The third kappa shape index (κ3) is 15.0. The number of nitrogens with two attached hydrogens (primary N) is 1. The number of anilines is 2. The molecule has 0 aliphatic carbocycles. The number of unbranched alkanes of at least 4 members (excludes halogenated alkanes) is 6. The Morgan fingerprint density at radius 3 is 2.06 bits per heavy atom. The minimum atomic E-state index is -3.07. The summed E-state index contributed by atoms with van der Waals surface area (Å²) < 4.78 is 29.2. The van der Waals surface area contributed by atoms with Crippen LogP contribution in [-0.2, 0) is 23.7 Å². The number of primary amides is 1. The van der Waals surface area contributed by atoms with Crippen LogP contribution in [0.15, 0.2) is 0 Å². The minimum Gasteiger partial charge on any atom is -0.461 e. The molecule has 1 unspecified atom stereocenters. The number of likely N-dealkylation sites (N-methyl/N-ethyl adjacent to an activating group) is 1. The topological polar surface area (TPSA) is 164 Å². The van der Waals surface area contributed by atoms with Crippen LogP contribution in [0.5, 0.6) is 6.01 Å². The Morgan fingerprint density at radius 2 is 1.40 bits per heavy atom. The second-order valence-electron chi connectivity index (χ2n) is 12.4. The molecular weight excluding hydrogens is 623 g/mol. The van der Waals surface area contributed by atoms with Crippen molar-refractivity contribution in [1.82, 2.24) is 24.3 Å². The summed E-state index contributed by atoms with van der Waals surface area (Å²) in [6, 6.07) is 0.0851. The standard InChI is InChI=1S/C32H59N8O6P/c1-6-8-10-11-13-16-28(42)26-47(44,37(3)4)40-20-18-39(19-21-40)31-34-30(38(5)25-29(33)43)35-32(36-31)46-24-23-45-22-14-17-27(41)15-12-9-7-2/h6-26H2,1-5H3,(H2,33,43). The molecule has 1 aliphatic rings. The summed E-state index contributed by atoms with van der Waals surface area (Å²) in [4.78, 5) is 53.3. The number of hydrogen-bond donors (Lipinski definition) is 1. The first-order valence-corrected chi connectivity index (χ1v) is 19.1. The summed E-state index contributed by atoms with van der Waals surface area (Å²) >= 11 is 0. The molecule has 1 atom stereocenters. The van der Waals surface area contributed by atoms with E-state index in [1.54, 1.807) is 25.8 Å². The molecule has 0 bridgehead atoms. The van der Waals surface area contributed by atoms with Crippen molar-refractivity contribution in [2.75, 3.05) is 89.6 Å². The van der Waals surface area contributed by atoms with Crippen LogP contribution in [0.2, 0.25) is 0 Å². The highest BCUT2D eigenvalue weighted by atomic mass is 31.2. The van der Waals surface area contributed by atoms with Gasteiger partial charge in [-0.25, -0.2) is 9.34 Å². The summed E-state index contributed by atoms with van der Waals surface area (Å²) in [5, 5.41) is 0. The molecule has 1 fully saturated rings. The summed E-state index contributed by atoms with van der Waals surface area (Å²) in [6.45, 7) is 7.03. The molecule has 2 heterocycles. The second kappa shape index (κ2) is 22.1. The molecule has 1 aromatic heterocycles. The first-order chi connectivity index (χ1) is 22.5. The van der Waals surface area contributed by atoms with Gasteiger partial charge in [-0.1, -0.05) is 52.4 Å². The van der Waals surface area contributed by atoms with Crippen molar-refractivity contribution in [1.29, 1.82) is 0 Å². The molecule has 268 valence electrons. The van der Waals surface area contributed by atoms with Gasteiger partial charge in [0, 0.05) is 59.1 Å². The largest absolute Gasteiger partial charge is 0.461 e. The van der Waals surface area contributed by atoms with E-state index in [0.717, 1.165) is 44.9 Å². The molecular formula is C32H59N8O6P. The molecule has 14 nitrogen and oxygen atoms in total. The molecule has 2 N–H and O–H groups in total. The third-order valence-corrected chi connectivity index (χ3v) is 11.4. The van der Waals surface area contributed by atoms with Gasteiger partial charge in [0.2, 0.25) is 25.2 Å². The molecule has 0 radical (unpaired) electrons. The van der Waals surface area contributed by atoms with Gasteiger partial charge in [0.25, 0.3) is 0 Å². The van der Waals surface area contributed by atoms with Gasteiger partial charge in [-0.15, -0.1) is 0 Å². The van der Waals surface area contributed by atoms with Crippen molar-refractivity contribution in [2.45, 2.75) is 90.9 Å². The van der Waals surface area contributed by atoms with Gasteiger partial charge in [0.05, 0.1) is 19.3 Å². The molecule has 1 amide bonds. The van der Waals surface area contributed by atoms with Crippen molar-refractivity contribution < 1.29 is 28.4 Å². The summed E-state index contributed by atoms with van der Waals surface area (Å²) in [5.74, 6) is 0.388.